The van der Waals surface area contributed by atoms with E-state index in [0.717, 1.165) is 22.4 Å². The highest BCUT2D eigenvalue weighted by Crippen LogP contribution is 2.27. The standard InChI is InChI=1S/C26H29N3O2/c1-18(2)17-29(26(31)22-15-8-9-16-27-22)24(21-13-6-5-7-14-21)25(30)28-23-19(3)11-10-12-20(23)4/h5-16,18,24H,17H2,1-4H3,(H,28,30)/t24-/m1/s1. The summed E-state index contributed by atoms with van der Waals surface area (Å²) in [6, 6.07) is 19.8. The number of amides is 2. The van der Waals surface area contributed by atoms with Gasteiger partial charge in [0.2, 0.25) is 0 Å². The van der Waals surface area contributed by atoms with Crippen molar-refractivity contribution in [3.8, 4) is 0 Å². The van der Waals surface area contributed by atoms with Crippen LogP contribution in [0.1, 0.15) is 47.1 Å². The minimum Gasteiger partial charge on any atom is -0.323 e. The van der Waals surface area contributed by atoms with Gasteiger partial charge in [0.25, 0.3) is 11.8 Å². The van der Waals surface area contributed by atoms with Crippen molar-refractivity contribution in [3.05, 3.63) is 95.3 Å². The Balaban J connectivity index is 2.05. The predicted octanol–water partition coefficient (Wildman–Crippen LogP) is 5.18. The van der Waals surface area contributed by atoms with Crippen LogP contribution in [0, 0.1) is 19.8 Å². The molecular weight excluding hydrogens is 386 g/mol. The summed E-state index contributed by atoms with van der Waals surface area (Å²) in [5.41, 5.74) is 3.82. The van der Waals surface area contributed by atoms with Crippen molar-refractivity contribution in [1.29, 1.82) is 0 Å². The van der Waals surface area contributed by atoms with Crippen LogP contribution in [0.15, 0.2) is 72.9 Å². The number of nitrogens with one attached hydrogen (secondary N) is 1. The maximum Gasteiger partial charge on any atom is 0.273 e. The normalized spacial score (nSPS) is 11.8. The van der Waals surface area contributed by atoms with E-state index in [9.17, 15) is 9.59 Å². The van der Waals surface area contributed by atoms with Gasteiger partial charge in [0.05, 0.1) is 0 Å². The van der Waals surface area contributed by atoms with E-state index < -0.39 is 6.04 Å². The molecule has 0 saturated heterocycles. The van der Waals surface area contributed by atoms with E-state index in [1.54, 1.807) is 29.3 Å². The average Bonchev–Trinajstić information content (AvgIpc) is 2.76. The van der Waals surface area contributed by atoms with Gasteiger partial charge in [-0.3, -0.25) is 14.6 Å². The lowest BCUT2D eigenvalue weighted by molar-refractivity contribution is -0.121. The van der Waals surface area contributed by atoms with Crippen molar-refractivity contribution < 1.29 is 9.59 Å². The molecule has 0 unspecified atom stereocenters. The van der Waals surface area contributed by atoms with Crippen molar-refractivity contribution in [1.82, 2.24) is 9.88 Å². The van der Waals surface area contributed by atoms with E-state index >= 15 is 0 Å². The summed E-state index contributed by atoms with van der Waals surface area (Å²) in [7, 11) is 0. The van der Waals surface area contributed by atoms with Crippen LogP contribution in [0.4, 0.5) is 5.69 Å². The lowest BCUT2D eigenvalue weighted by Crippen LogP contribution is -2.43. The zero-order valence-electron chi connectivity index (χ0n) is 18.5. The summed E-state index contributed by atoms with van der Waals surface area (Å²) in [5.74, 6) is -0.333. The number of anilines is 1. The summed E-state index contributed by atoms with van der Waals surface area (Å²) < 4.78 is 0. The number of hydrogen-bond acceptors (Lipinski definition) is 3. The molecule has 1 heterocycles. The van der Waals surface area contributed by atoms with E-state index in [0.29, 0.717) is 12.2 Å². The van der Waals surface area contributed by atoms with E-state index in [-0.39, 0.29) is 17.7 Å². The lowest BCUT2D eigenvalue weighted by atomic mass is 10.0. The predicted molar refractivity (Wildman–Crippen MR) is 124 cm³/mol. The van der Waals surface area contributed by atoms with Crippen molar-refractivity contribution >= 4 is 17.5 Å². The number of hydrogen-bond donors (Lipinski definition) is 1. The number of nitrogens with zero attached hydrogens (tertiary/aromatic N) is 2. The quantitative estimate of drug-likeness (QED) is 0.579. The van der Waals surface area contributed by atoms with Crippen molar-refractivity contribution in [2.24, 2.45) is 5.92 Å². The summed E-state index contributed by atoms with van der Waals surface area (Å²) in [6.07, 6.45) is 1.59. The summed E-state index contributed by atoms with van der Waals surface area (Å²) in [5, 5.41) is 3.08. The molecule has 0 spiro atoms. The van der Waals surface area contributed by atoms with Gasteiger partial charge in [-0.1, -0.05) is 68.4 Å². The van der Waals surface area contributed by atoms with Crippen LogP contribution < -0.4 is 5.32 Å². The molecule has 0 aliphatic heterocycles. The molecule has 1 N–H and O–H groups in total. The minimum absolute atomic E-state index is 0.173. The number of carbonyl (C=O) groups excluding carboxylic acids is 2. The van der Waals surface area contributed by atoms with Crippen LogP contribution in [0.2, 0.25) is 0 Å². The molecule has 160 valence electrons. The highest BCUT2D eigenvalue weighted by atomic mass is 16.2. The molecule has 0 fully saturated rings. The van der Waals surface area contributed by atoms with Crippen molar-refractivity contribution in [2.75, 3.05) is 11.9 Å². The van der Waals surface area contributed by atoms with Gasteiger partial charge in [0, 0.05) is 18.4 Å². The van der Waals surface area contributed by atoms with Gasteiger partial charge in [-0.2, -0.15) is 0 Å². The van der Waals surface area contributed by atoms with Crippen LogP contribution in [0.3, 0.4) is 0 Å². The third-order valence-electron chi connectivity index (χ3n) is 5.11. The van der Waals surface area contributed by atoms with E-state index in [1.807, 2.05) is 76.2 Å². The molecule has 0 bridgehead atoms. The third kappa shape index (κ3) is 5.37. The van der Waals surface area contributed by atoms with Crippen LogP contribution in [0.25, 0.3) is 0 Å². The molecule has 3 rings (SSSR count). The first-order valence-electron chi connectivity index (χ1n) is 10.5. The SMILES string of the molecule is Cc1cccc(C)c1NC(=O)[C@@H](c1ccccc1)N(CC(C)C)C(=O)c1ccccn1. The van der Waals surface area contributed by atoms with Crippen LogP contribution in [-0.2, 0) is 4.79 Å². The molecule has 5 heteroatoms. The van der Waals surface area contributed by atoms with E-state index in [4.69, 9.17) is 0 Å². The first-order valence-corrected chi connectivity index (χ1v) is 10.5. The number of pyridine rings is 1. The largest absolute Gasteiger partial charge is 0.323 e. The van der Waals surface area contributed by atoms with Gasteiger partial charge in [-0.15, -0.1) is 0 Å². The topological polar surface area (TPSA) is 62.3 Å². The van der Waals surface area contributed by atoms with Crippen LogP contribution >= 0.6 is 0 Å². The van der Waals surface area contributed by atoms with Gasteiger partial charge >= 0.3 is 0 Å². The zero-order valence-corrected chi connectivity index (χ0v) is 18.5. The van der Waals surface area contributed by atoms with Gasteiger partial charge < -0.3 is 10.2 Å². The lowest BCUT2D eigenvalue weighted by Gasteiger charge is -2.32. The number of aryl methyl sites for hydroxylation is 2. The number of carbonyl (C=O) groups is 2. The highest BCUT2D eigenvalue weighted by molar-refractivity contribution is 6.01. The second-order valence-corrected chi connectivity index (χ2v) is 8.14. The molecule has 1 aromatic heterocycles. The van der Waals surface area contributed by atoms with Gasteiger partial charge in [-0.25, -0.2) is 0 Å². The fraction of sp³-hybridized carbons (Fsp3) is 0.269. The van der Waals surface area contributed by atoms with Gasteiger partial charge in [-0.05, 0) is 48.6 Å². The Kier molecular flexibility index (Phi) is 7.19. The molecule has 31 heavy (non-hydrogen) atoms. The number of para-hydroxylation sites is 1. The Labute approximate surface area is 184 Å². The first-order chi connectivity index (χ1) is 14.9. The van der Waals surface area contributed by atoms with Crippen molar-refractivity contribution in [3.63, 3.8) is 0 Å². The first kappa shape index (κ1) is 22.2. The Morgan fingerprint density at radius 3 is 2.13 bits per heavy atom. The monoisotopic (exact) mass is 415 g/mol. The van der Waals surface area contributed by atoms with Crippen LogP contribution in [-0.4, -0.2) is 28.2 Å². The maximum absolute atomic E-state index is 13.7. The maximum atomic E-state index is 13.7. The van der Waals surface area contributed by atoms with E-state index in [2.05, 4.69) is 10.3 Å². The molecule has 2 amide bonds. The number of rotatable bonds is 7. The third-order valence-corrected chi connectivity index (χ3v) is 5.11. The Bertz CT molecular complexity index is 1010. The number of benzene rings is 2. The van der Waals surface area contributed by atoms with E-state index in [1.165, 1.54) is 0 Å². The summed E-state index contributed by atoms with van der Waals surface area (Å²) in [6.45, 7) is 8.42. The second kappa shape index (κ2) is 10.0. The Morgan fingerprint density at radius 2 is 1.55 bits per heavy atom. The Morgan fingerprint density at radius 1 is 0.903 bits per heavy atom. The molecule has 0 saturated carbocycles. The fourth-order valence-corrected chi connectivity index (χ4v) is 3.65. The van der Waals surface area contributed by atoms with Crippen molar-refractivity contribution in [2.45, 2.75) is 33.7 Å². The molecule has 2 aromatic carbocycles. The molecule has 0 radical (unpaired) electrons. The fourth-order valence-electron chi connectivity index (χ4n) is 3.65. The molecular formula is C26H29N3O2. The van der Waals surface area contributed by atoms with Crippen LogP contribution in [0.5, 0.6) is 0 Å². The molecule has 0 aliphatic carbocycles. The zero-order chi connectivity index (χ0) is 22.4. The molecule has 3 aromatic rings. The molecule has 0 aliphatic rings. The summed E-state index contributed by atoms with van der Waals surface area (Å²) >= 11 is 0. The molecule has 1 atom stereocenters. The highest BCUT2D eigenvalue weighted by Gasteiger charge is 2.33. The van der Waals surface area contributed by atoms with Gasteiger partial charge in [0.15, 0.2) is 0 Å². The minimum atomic E-state index is -0.780. The molecule has 5 nitrogen and oxygen atoms in total. The number of aromatic nitrogens is 1. The smallest absolute Gasteiger partial charge is 0.273 e. The van der Waals surface area contributed by atoms with Gasteiger partial charge in [0.1, 0.15) is 11.7 Å². The second-order valence-electron chi connectivity index (χ2n) is 8.14. The average molecular weight is 416 g/mol. The summed E-state index contributed by atoms with van der Waals surface area (Å²) in [4.78, 5) is 33.0. The Hall–Kier alpha value is -3.47.